The molecule has 0 fully saturated rings. The molecule has 0 radical (unpaired) electrons. The molecule has 2 heterocycles. The fourth-order valence-electron chi connectivity index (χ4n) is 4.72. The van der Waals surface area contributed by atoms with Crippen LogP contribution in [-0.2, 0) is 9.59 Å². The SMILES string of the molecule is CNC(=O)c1c(-c2ccc(F)cc2)oc2ccc(-c3ccc(C4=CNC(=O)CC4=O)c(C(=O)NCC(C)C)c3)cc12. The monoisotopic (exact) mass is 553 g/mol. The van der Waals surface area contributed by atoms with Crippen LogP contribution in [0, 0.1) is 11.7 Å². The average Bonchev–Trinajstić information content (AvgIpc) is 3.34. The Morgan fingerprint density at radius 1 is 0.951 bits per heavy atom. The van der Waals surface area contributed by atoms with Gasteiger partial charge in [0.15, 0.2) is 5.78 Å². The van der Waals surface area contributed by atoms with Gasteiger partial charge in [-0.05, 0) is 65.1 Å². The molecular weight excluding hydrogens is 525 g/mol. The van der Waals surface area contributed by atoms with Crippen LogP contribution >= 0.6 is 0 Å². The van der Waals surface area contributed by atoms with Gasteiger partial charge in [0.2, 0.25) is 5.91 Å². The van der Waals surface area contributed by atoms with Crippen LogP contribution in [0.15, 0.2) is 71.3 Å². The van der Waals surface area contributed by atoms with Crippen molar-refractivity contribution < 1.29 is 28.0 Å². The molecule has 1 aliphatic rings. The van der Waals surface area contributed by atoms with E-state index in [0.717, 1.165) is 0 Å². The van der Waals surface area contributed by atoms with Crippen LogP contribution in [0.25, 0.3) is 39.0 Å². The van der Waals surface area contributed by atoms with Gasteiger partial charge in [-0.2, -0.15) is 0 Å². The summed E-state index contributed by atoms with van der Waals surface area (Å²) in [7, 11) is 1.52. The van der Waals surface area contributed by atoms with E-state index in [0.29, 0.717) is 51.1 Å². The van der Waals surface area contributed by atoms with E-state index >= 15 is 0 Å². The summed E-state index contributed by atoms with van der Waals surface area (Å²) in [4.78, 5) is 50.7. The Kier molecular flexibility index (Phi) is 7.52. The second-order valence-corrected chi connectivity index (χ2v) is 10.2. The molecule has 4 aromatic rings. The lowest BCUT2D eigenvalue weighted by Gasteiger charge is -2.17. The van der Waals surface area contributed by atoms with Gasteiger partial charge >= 0.3 is 0 Å². The normalized spacial score (nSPS) is 13.2. The summed E-state index contributed by atoms with van der Waals surface area (Å²) in [6.07, 6.45) is 1.04. The molecule has 8 nitrogen and oxygen atoms in total. The van der Waals surface area contributed by atoms with Gasteiger partial charge in [-0.3, -0.25) is 19.2 Å². The topological polar surface area (TPSA) is 118 Å². The summed E-state index contributed by atoms with van der Waals surface area (Å²) in [5.74, 6) is -1.38. The van der Waals surface area contributed by atoms with Crippen molar-refractivity contribution >= 4 is 40.0 Å². The number of halogens is 1. The molecule has 9 heteroatoms. The third kappa shape index (κ3) is 5.51. The van der Waals surface area contributed by atoms with Gasteiger partial charge in [-0.1, -0.05) is 32.0 Å². The van der Waals surface area contributed by atoms with E-state index in [1.807, 2.05) is 19.9 Å². The van der Waals surface area contributed by atoms with Crippen molar-refractivity contribution in [3.63, 3.8) is 0 Å². The fourth-order valence-corrected chi connectivity index (χ4v) is 4.72. The molecule has 1 aromatic heterocycles. The molecule has 0 bridgehead atoms. The standard InChI is InChI=1S/C32H28FN3O5/c1-17(2)15-36-31(39)23-12-19(6-10-22(23)25-16-35-28(38)14-26(25)37)20-7-11-27-24(13-20)29(32(40)34-3)30(41-27)18-4-8-21(33)9-5-18/h4-13,16-17H,14-15H2,1-3H3,(H,34,40)(H,35,38)(H,36,39). The summed E-state index contributed by atoms with van der Waals surface area (Å²) < 4.78 is 19.6. The van der Waals surface area contributed by atoms with Crippen molar-refractivity contribution in [2.45, 2.75) is 20.3 Å². The Bertz CT molecular complexity index is 1730. The highest BCUT2D eigenvalue weighted by molar-refractivity contribution is 6.29. The number of fused-ring (bicyclic) bond motifs is 1. The van der Waals surface area contributed by atoms with Crippen molar-refractivity contribution in [3.05, 3.63) is 89.4 Å². The molecule has 0 spiro atoms. The first kappa shape index (κ1) is 27.5. The Morgan fingerprint density at radius 2 is 1.63 bits per heavy atom. The largest absolute Gasteiger partial charge is 0.455 e. The predicted molar refractivity (Wildman–Crippen MR) is 153 cm³/mol. The van der Waals surface area contributed by atoms with Gasteiger partial charge in [0.1, 0.15) is 17.2 Å². The summed E-state index contributed by atoms with van der Waals surface area (Å²) in [5.41, 5.74) is 3.64. The van der Waals surface area contributed by atoms with E-state index in [2.05, 4.69) is 16.0 Å². The lowest BCUT2D eigenvalue weighted by Crippen LogP contribution is -2.30. The van der Waals surface area contributed by atoms with Crippen LogP contribution in [-0.4, -0.2) is 37.1 Å². The molecule has 0 saturated carbocycles. The van der Waals surface area contributed by atoms with E-state index in [1.54, 1.807) is 42.5 Å². The summed E-state index contributed by atoms with van der Waals surface area (Å²) in [6.45, 7) is 4.39. The molecule has 0 aliphatic carbocycles. The van der Waals surface area contributed by atoms with Gasteiger partial charge in [-0.25, -0.2) is 4.39 Å². The lowest BCUT2D eigenvalue weighted by molar-refractivity contribution is -0.125. The van der Waals surface area contributed by atoms with Crippen molar-refractivity contribution in [3.8, 4) is 22.5 Å². The number of Topliss-reactive ketones (excluding diaryl/α,β-unsaturated/α-hetero) is 1. The predicted octanol–water partition coefficient (Wildman–Crippen LogP) is 5.08. The summed E-state index contributed by atoms with van der Waals surface area (Å²) >= 11 is 0. The third-order valence-electron chi connectivity index (χ3n) is 6.81. The molecule has 3 amide bonds. The number of ketones is 1. The number of carbonyl (C=O) groups excluding carboxylic acids is 4. The molecule has 208 valence electrons. The van der Waals surface area contributed by atoms with Gasteiger partial charge in [0.25, 0.3) is 11.8 Å². The fraction of sp³-hybridized carbons (Fsp3) is 0.188. The number of benzene rings is 3. The number of carbonyl (C=O) groups is 4. The van der Waals surface area contributed by atoms with Crippen LogP contribution in [0.1, 0.15) is 46.5 Å². The molecule has 41 heavy (non-hydrogen) atoms. The van der Waals surface area contributed by atoms with E-state index in [-0.39, 0.29) is 41.1 Å². The second-order valence-electron chi connectivity index (χ2n) is 10.2. The van der Waals surface area contributed by atoms with Gasteiger partial charge < -0.3 is 20.4 Å². The first-order chi connectivity index (χ1) is 19.7. The molecular formula is C32H28FN3O5. The van der Waals surface area contributed by atoms with Crippen molar-refractivity contribution in [2.24, 2.45) is 5.92 Å². The minimum atomic E-state index is -0.404. The van der Waals surface area contributed by atoms with Crippen molar-refractivity contribution in [1.29, 1.82) is 0 Å². The van der Waals surface area contributed by atoms with Gasteiger partial charge in [0, 0.05) is 41.9 Å². The number of hydrogen-bond acceptors (Lipinski definition) is 5. The maximum atomic E-state index is 13.6. The average molecular weight is 554 g/mol. The van der Waals surface area contributed by atoms with E-state index in [9.17, 15) is 23.6 Å². The molecule has 0 saturated heterocycles. The molecule has 1 aliphatic heterocycles. The molecule has 0 atom stereocenters. The van der Waals surface area contributed by atoms with Crippen LogP contribution in [0.5, 0.6) is 0 Å². The zero-order valence-electron chi connectivity index (χ0n) is 22.8. The molecule has 3 N–H and O–H groups in total. The number of nitrogens with one attached hydrogen (secondary N) is 3. The molecule has 0 unspecified atom stereocenters. The van der Waals surface area contributed by atoms with Crippen molar-refractivity contribution in [1.82, 2.24) is 16.0 Å². The zero-order valence-corrected chi connectivity index (χ0v) is 22.8. The highest BCUT2D eigenvalue weighted by Gasteiger charge is 2.26. The highest BCUT2D eigenvalue weighted by Crippen LogP contribution is 2.37. The van der Waals surface area contributed by atoms with Crippen LogP contribution < -0.4 is 16.0 Å². The van der Waals surface area contributed by atoms with Crippen LogP contribution in [0.2, 0.25) is 0 Å². The Morgan fingerprint density at radius 3 is 2.32 bits per heavy atom. The maximum Gasteiger partial charge on any atom is 0.255 e. The Hall–Kier alpha value is -5.05. The Balaban J connectivity index is 1.64. The van der Waals surface area contributed by atoms with Crippen LogP contribution in [0.4, 0.5) is 4.39 Å². The first-order valence-corrected chi connectivity index (χ1v) is 13.2. The van der Waals surface area contributed by atoms with Crippen LogP contribution in [0.3, 0.4) is 0 Å². The molecule has 3 aromatic carbocycles. The minimum Gasteiger partial charge on any atom is -0.455 e. The smallest absolute Gasteiger partial charge is 0.255 e. The number of rotatable bonds is 7. The maximum absolute atomic E-state index is 13.6. The molecule has 5 rings (SSSR count). The number of allylic oxidation sites excluding steroid dienone is 1. The van der Waals surface area contributed by atoms with Crippen molar-refractivity contribution in [2.75, 3.05) is 13.6 Å². The van der Waals surface area contributed by atoms with Gasteiger partial charge in [0.05, 0.1) is 12.0 Å². The lowest BCUT2D eigenvalue weighted by atomic mass is 9.90. The minimum absolute atomic E-state index is 0.210. The quantitative estimate of drug-likeness (QED) is 0.276. The first-order valence-electron chi connectivity index (χ1n) is 13.2. The zero-order chi connectivity index (χ0) is 29.3. The van der Waals surface area contributed by atoms with E-state index in [4.69, 9.17) is 4.42 Å². The Labute approximate surface area is 235 Å². The second kappa shape index (κ2) is 11.2. The van der Waals surface area contributed by atoms with E-state index in [1.165, 1.54) is 25.4 Å². The highest BCUT2D eigenvalue weighted by atomic mass is 19.1. The third-order valence-corrected chi connectivity index (χ3v) is 6.81. The number of furan rings is 1. The number of amides is 3. The number of hydrogen-bond donors (Lipinski definition) is 3. The summed E-state index contributed by atoms with van der Waals surface area (Å²) in [6, 6.07) is 16.2. The van der Waals surface area contributed by atoms with E-state index < -0.39 is 11.7 Å². The summed E-state index contributed by atoms with van der Waals surface area (Å²) in [5, 5.41) is 8.66. The van der Waals surface area contributed by atoms with Gasteiger partial charge in [-0.15, -0.1) is 0 Å².